The van der Waals surface area contributed by atoms with Crippen LogP contribution in [0.15, 0.2) is 18.3 Å². The fourth-order valence-corrected chi connectivity index (χ4v) is 3.27. The highest BCUT2D eigenvalue weighted by Crippen LogP contribution is 2.31. The quantitative estimate of drug-likeness (QED) is 0.851. The predicted molar refractivity (Wildman–Crippen MR) is 65.7 cm³/mol. The van der Waals surface area contributed by atoms with Gasteiger partial charge in [-0.05, 0) is 30.5 Å². The summed E-state index contributed by atoms with van der Waals surface area (Å²) in [5, 5.41) is 0.888. The van der Waals surface area contributed by atoms with E-state index in [1.165, 1.54) is 31.2 Å². The minimum absolute atomic E-state index is 0.544. The zero-order valence-corrected chi connectivity index (χ0v) is 9.80. The number of hydrogen-bond donors (Lipinski definition) is 1. The summed E-state index contributed by atoms with van der Waals surface area (Å²) in [6.45, 7) is 0.544. The van der Waals surface area contributed by atoms with Crippen LogP contribution in [0.5, 0.6) is 0 Å². The lowest BCUT2D eigenvalue weighted by atomic mass is 10.2. The topological polar surface area (TPSA) is 38.9 Å². The molecule has 1 aromatic rings. The third-order valence-electron chi connectivity index (χ3n) is 2.88. The molecule has 1 aliphatic rings. The van der Waals surface area contributed by atoms with Crippen LogP contribution >= 0.6 is 11.8 Å². The van der Waals surface area contributed by atoms with Gasteiger partial charge in [-0.3, -0.25) is 4.98 Å². The van der Waals surface area contributed by atoms with Gasteiger partial charge in [0.05, 0.1) is 5.69 Å². The Bertz CT molecular complexity index is 308. The van der Waals surface area contributed by atoms with Crippen molar-refractivity contribution < 1.29 is 0 Å². The molecule has 1 fully saturated rings. The van der Waals surface area contributed by atoms with E-state index in [0.717, 1.165) is 16.7 Å². The van der Waals surface area contributed by atoms with Crippen molar-refractivity contribution in [2.75, 3.05) is 0 Å². The Morgan fingerprint density at radius 2 is 2.20 bits per heavy atom. The molecule has 0 aliphatic heterocycles. The summed E-state index contributed by atoms with van der Waals surface area (Å²) in [5.74, 6) is 1.11. The first-order chi connectivity index (χ1) is 7.38. The highest BCUT2D eigenvalue weighted by atomic mass is 32.2. The molecule has 0 saturated heterocycles. The molecule has 2 nitrogen and oxygen atoms in total. The SMILES string of the molecule is NCc1cc(CSC2CCCC2)ccn1. The molecule has 0 unspecified atom stereocenters. The first kappa shape index (κ1) is 11.0. The van der Waals surface area contributed by atoms with Crippen LogP contribution in [0.25, 0.3) is 0 Å². The summed E-state index contributed by atoms with van der Waals surface area (Å²) < 4.78 is 0. The van der Waals surface area contributed by atoms with E-state index in [0.29, 0.717) is 6.54 Å². The first-order valence-electron chi connectivity index (χ1n) is 5.64. The standard InChI is InChI=1S/C12H18N2S/c13-8-11-7-10(5-6-14-11)9-15-12-3-1-2-4-12/h5-7,12H,1-4,8-9,13H2. The van der Waals surface area contributed by atoms with Crippen molar-refractivity contribution in [3.05, 3.63) is 29.6 Å². The van der Waals surface area contributed by atoms with Crippen LogP contribution in [0.4, 0.5) is 0 Å². The smallest absolute Gasteiger partial charge is 0.0542 e. The van der Waals surface area contributed by atoms with Gasteiger partial charge in [0.25, 0.3) is 0 Å². The molecule has 1 aliphatic carbocycles. The summed E-state index contributed by atoms with van der Waals surface area (Å²) >= 11 is 2.09. The second-order valence-corrected chi connectivity index (χ2v) is 5.37. The van der Waals surface area contributed by atoms with Crippen molar-refractivity contribution >= 4 is 11.8 Å². The van der Waals surface area contributed by atoms with Crippen LogP contribution in [0, 0.1) is 0 Å². The van der Waals surface area contributed by atoms with Gasteiger partial charge in [-0.1, -0.05) is 12.8 Å². The van der Waals surface area contributed by atoms with Crippen molar-refractivity contribution in [3.63, 3.8) is 0 Å². The molecule has 1 aromatic heterocycles. The van der Waals surface area contributed by atoms with Gasteiger partial charge in [-0.2, -0.15) is 11.8 Å². The molecule has 1 saturated carbocycles. The molecule has 0 amide bonds. The third-order valence-corrected chi connectivity index (χ3v) is 4.32. The molecule has 3 heteroatoms. The molecular weight excluding hydrogens is 204 g/mol. The lowest BCUT2D eigenvalue weighted by Crippen LogP contribution is -2.00. The zero-order valence-electron chi connectivity index (χ0n) is 8.98. The van der Waals surface area contributed by atoms with E-state index in [-0.39, 0.29) is 0 Å². The van der Waals surface area contributed by atoms with E-state index in [2.05, 4.69) is 28.9 Å². The van der Waals surface area contributed by atoms with Crippen LogP contribution in [-0.4, -0.2) is 10.2 Å². The summed E-state index contributed by atoms with van der Waals surface area (Å²) in [7, 11) is 0. The predicted octanol–water partition coefficient (Wildman–Crippen LogP) is 2.72. The molecule has 0 aromatic carbocycles. The van der Waals surface area contributed by atoms with Crippen LogP contribution < -0.4 is 5.73 Å². The van der Waals surface area contributed by atoms with Crippen LogP contribution in [0.3, 0.4) is 0 Å². The van der Waals surface area contributed by atoms with Crippen LogP contribution in [0.1, 0.15) is 36.9 Å². The average Bonchev–Trinajstić information content (AvgIpc) is 2.79. The highest BCUT2D eigenvalue weighted by molar-refractivity contribution is 7.99. The van der Waals surface area contributed by atoms with Crippen molar-refractivity contribution in [3.8, 4) is 0 Å². The normalized spacial score (nSPS) is 17.1. The van der Waals surface area contributed by atoms with E-state index in [9.17, 15) is 0 Å². The van der Waals surface area contributed by atoms with Crippen LogP contribution in [0.2, 0.25) is 0 Å². The summed E-state index contributed by atoms with van der Waals surface area (Å²) in [6.07, 6.45) is 7.51. The maximum atomic E-state index is 5.57. The fraction of sp³-hybridized carbons (Fsp3) is 0.583. The second kappa shape index (κ2) is 5.52. The van der Waals surface area contributed by atoms with Gasteiger partial charge in [0.15, 0.2) is 0 Å². The number of aromatic nitrogens is 1. The number of hydrogen-bond acceptors (Lipinski definition) is 3. The lowest BCUT2D eigenvalue weighted by Gasteiger charge is -2.08. The molecule has 2 rings (SSSR count). The molecule has 1 heterocycles. The summed E-state index contributed by atoms with van der Waals surface area (Å²) in [4.78, 5) is 4.20. The Labute approximate surface area is 95.7 Å². The van der Waals surface area contributed by atoms with Gasteiger partial charge < -0.3 is 5.73 Å². The number of thioether (sulfide) groups is 1. The summed E-state index contributed by atoms with van der Waals surface area (Å²) in [5.41, 5.74) is 7.93. The average molecular weight is 222 g/mol. The number of rotatable bonds is 4. The van der Waals surface area contributed by atoms with E-state index in [1.54, 1.807) is 0 Å². The van der Waals surface area contributed by atoms with E-state index in [1.807, 2.05) is 6.20 Å². The molecule has 2 N–H and O–H groups in total. The molecule has 0 radical (unpaired) electrons. The minimum atomic E-state index is 0.544. The molecule has 82 valence electrons. The number of nitrogens with two attached hydrogens (primary N) is 1. The fourth-order valence-electron chi connectivity index (χ4n) is 2.00. The van der Waals surface area contributed by atoms with Gasteiger partial charge in [0, 0.05) is 23.7 Å². The van der Waals surface area contributed by atoms with Crippen molar-refractivity contribution in [2.24, 2.45) is 5.73 Å². The Kier molecular flexibility index (Phi) is 4.03. The minimum Gasteiger partial charge on any atom is -0.325 e. The van der Waals surface area contributed by atoms with Crippen molar-refractivity contribution in [1.82, 2.24) is 4.98 Å². The molecule has 0 atom stereocenters. The highest BCUT2D eigenvalue weighted by Gasteiger charge is 2.14. The summed E-state index contributed by atoms with van der Waals surface area (Å²) in [6, 6.07) is 4.23. The monoisotopic (exact) mass is 222 g/mol. The maximum Gasteiger partial charge on any atom is 0.0542 e. The van der Waals surface area contributed by atoms with E-state index < -0.39 is 0 Å². The van der Waals surface area contributed by atoms with Gasteiger partial charge >= 0.3 is 0 Å². The number of nitrogens with zero attached hydrogens (tertiary/aromatic N) is 1. The van der Waals surface area contributed by atoms with Crippen molar-refractivity contribution in [1.29, 1.82) is 0 Å². The van der Waals surface area contributed by atoms with Gasteiger partial charge in [0.1, 0.15) is 0 Å². The molecular formula is C12H18N2S. The van der Waals surface area contributed by atoms with Crippen LogP contribution in [-0.2, 0) is 12.3 Å². The molecule has 0 spiro atoms. The van der Waals surface area contributed by atoms with Crippen molar-refractivity contribution in [2.45, 2.75) is 43.2 Å². The Morgan fingerprint density at radius 3 is 2.93 bits per heavy atom. The Hall–Kier alpha value is -0.540. The largest absolute Gasteiger partial charge is 0.325 e. The van der Waals surface area contributed by atoms with Gasteiger partial charge in [-0.25, -0.2) is 0 Å². The molecule has 0 bridgehead atoms. The van der Waals surface area contributed by atoms with E-state index in [4.69, 9.17) is 5.73 Å². The lowest BCUT2D eigenvalue weighted by molar-refractivity contribution is 0.886. The molecule has 15 heavy (non-hydrogen) atoms. The first-order valence-corrected chi connectivity index (χ1v) is 6.69. The zero-order chi connectivity index (χ0) is 10.5. The van der Waals surface area contributed by atoms with Gasteiger partial charge in [-0.15, -0.1) is 0 Å². The van der Waals surface area contributed by atoms with Gasteiger partial charge in [0.2, 0.25) is 0 Å². The van der Waals surface area contributed by atoms with E-state index >= 15 is 0 Å². The Morgan fingerprint density at radius 1 is 1.40 bits per heavy atom. The second-order valence-electron chi connectivity index (χ2n) is 4.08. The third kappa shape index (κ3) is 3.21. The Balaban J connectivity index is 1.86. The maximum absolute atomic E-state index is 5.57. The number of pyridine rings is 1.